The second kappa shape index (κ2) is 6.40. The molecular weight excluding hydrogens is 330 g/mol. The lowest BCUT2D eigenvalue weighted by atomic mass is 10.0. The molecule has 1 saturated carbocycles. The van der Waals surface area contributed by atoms with Crippen molar-refractivity contribution in [3.63, 3.8) is 0 Å². The maximum Gasteiger partial charge on any atom is 0.254 e. The van der Waals surface area contributed by atoms with E-state index in [1.807, 2.05) is 18.2 Å². The van der Waals surface area contributed by atoms with Gasteiger partial charge in [0.2, 0.25) is 11.9 Å². The molecule has 4 rings (SSSR count). The molecule has 7 nitrogen and oxygen atoms in total. The largest absolute Gasteiger partial charge is 0.368 e. The van der Waals surface area contributed by atoms with Crippen molar-refractivity contribution in [3.05, 3.63) is 42.2 Å². The lowest BCUT2D eigenvalue weighted by Gasteiger charge is -2.39. The number of anilines is 1. The number of hydrogen-bond acceptors (Lipinski definition) is 5. The molecule has 1 aliphatic heterocycles. The molecule has 0 spiro atoms. The first-order valence-electron chi connectivity index (χ1n) is 8.78. The average molecular weight is 351 g/mol. The Morgan fingerprint density at radius 1 is 1.15 bits per heavy atom. The monoisotopic (exact) mass is 351 g/mol. The van der Waals surface area contributed by atoms with Gasteiger partial charge in [0.15, 0.2) is 0 Å². The van der Waals surface area contributed by atoms with Crippen molar-refractivity contribution in [2.75, 3.05) is 25.9 Å². The van der Waals surface area contributed by atoms with Gasteiger partial charge >= 0.3 is 0 Å². The number of amides is 2. The van der Waals surface area contributed by atoms with Crippen LogP contribution in [0.3, 0.4) is 0 Å². The number of nitrogens with two attached hydrogens (primary N) is 1. The molecular formula is C19H21N5O2. The summed E-state index contributed by atoms with van der Waals surface area (Å²) in [6.07, 6.45) is 5.30. The maximum atomic E-state index is 13.1. The fraction of sp³-hybridized carbons (Fsp3) is 0.368. The van der Waals surface area contributed by atoms with Crippen molar-refractivity contribution in [2.24, 2.45) is 5.92 Å². The number of benzene rings is 1. The number of rotatable bonds is 3. The van der Waals surface area contributed by atoms with Gasteiger partial charge in [0.1, 0.15) is 6.04 Å². The van der Waals surface area contributed by atoms with Crippen LogP contribution >= 0.6 is 0 Å². The standard InChI is InChI=1S/C19H21N5O2/c1-23-7-8-24(16(18(23)26)12-5-6-12)17(25)14-4-2-3-13(9-14)15-10-21-19(20)22-11-15/h2-4,9-12,16H,5-8H2,1H3,(H2,20,21,22). The molecule has 1 atom stereocenters. The Balaban J connectivity index is 1.62. The van der Waals surface area contributed by atoms with Crippen molar-refractivity contribution in [1.82, 2.24) is 19.8 Å². The summed E-state index contributed by atoms with van der Waals surface area (Å²) < 4.78 is 0. The van der Waals surface area contributed by atoms with Crippen LogP contribution in [0.5, 0.6) is 0 Å². The van der Waals surface area contributed by atoms with Crippen molar-refractivity contribution in [3.8, 4) is 11.1 Å². The molecule has 2 heterocycles. The highest BCUT2D eigenvalue weighted by molar-refractivity contribution is 5.99. The van der Waals surface area contributed by atoms with Gasteiger partial charge in [-0.1, -0.05) is 12.1 Å². The van der Waals surface area contributed by atoms with Crippen molar-refractivity contribution < 1.29 is 9.59 Å². The third kappa shape index (κ3) is 3.00. The van der Waals surface area contributed by atoms with E-state index in [4.69, 9.17) is 5.73 Å². The molecule has 1 aliphatic carbocycles. The molecule has 0 bridgehead atoms. The first kappa shape index (κ1) is 16.5. The zero-order chi connectivity index (χ0) is 18.3. The van der Waals surface area contributed by atoms with Gasteiger partial charge in [-0.2, -0.15) is 0 Å². The number of nitrogens with zero attached hydrogens (tertiary/aromatic N) is 4. The third-order valence-corrected chi connectivity index (χ3v) is 5.09. The number of nitrogen functional groups attached to an aromatic ring is 1. The van der Waals surface area contributed by atoms with E-state index in [-0.39, 0.29) is 23.8 Å². The molecule has 2 amide bonds. The van der Waals surface area contributed by atoms with Gasteiger partial charge in [-0.3, -0.25) is 9.59 Å². The zero-order valence-electron chi connectivity index (χ0n) is 14.6. The van der Waals surface area contributed by atoms with Crippen LogP contribution < -0.4 is 5.73 Å². The number of hydrogen-bond donors (Lipinski definition) is 1. The number of carbonyl (C=O) groups excluding carboxylic acids is 2. The summed E-state index contributed by atoms with van der Waals surface area (Å²) >= 11 is 0. The van der Waals surface area contributed by atoms with Crippen LogP contribution in [0.4, 0.5) is 5.95 Å². The molecule has 2 aliphatic rings. The number of carbonyl (C=O) groups is 2. The fourth-order valence-electron chi connectivity index (χ4n) is 3.45. The minimum Gasteiger partial charge on any atom is -0.368 e. The second-order valence-electron chi connectivity index (χ2n) is 6.95. The van der Waals surface area contributed by atoms with E-state index in [0.29, 0.717) is 24.6 Å². The summed E-state index contributed by atoms with van der Waals surface area (Å²) in [6, 6.07) is 7.02. The highest BCUT2D eigenvalue weighted by Gasteiger charge is 2.45. The van der Waals surface area contributed by atoms with Crippen LogP contribution in [0.25, 0.3) is 11.1 Å². The van der Waals surface area contributed by atoms with Crippen LogP contribution in [-0.2, 0) is 4.79 Å². The van der Waals surface area contributed by atoms with Crippen molar-refractivity contribution in [2.45, 2.75) is 18.9 Å². The summed E-state index contributed by atoms with van der Waals surface area (Å²) in [5, 5.41) is 0. The normalized spacial score (nSPS) is 20.3. The van der Waals surface area contributed by atoms with Crippen molar-refractivity contribution in [1.29, 1.82) is 0 Å². The summed E-state index contributed by atoms with van der Waals surface area (Å²) in [5.41, 5.74) is 7.75. The lowest BCUT2D eigenvalue weighted by molar-refractivity contribution is -0.139. The first-order valence-corrected chi connectivity index (χ1v) is 8.78. The Morgan fingerprint density at radius 2 is 1.88 bits per heavy atom. The lowest BCUT2D eigenvalue weighted by Crippen LogP contribution is -2.58. The molecule has 1 aromatic carbocycles. The van der Waals surface area contributed by atoms with E-state index in [2.05, 4.69) is 9.97 Å². The van der Waals surface area contributed by atoms with Gasteiger partial charge in [-0.05, 0) is 36.5 Å². The van der Waals surface area contributed by atoms with Crippen LogP contribution in [-0.4, -0.2) is 57.8 Å². The Bertz CT molecular complexity index is 847. The SMILES string of the molecule is CN1CCN(C(=O)c2cccc(-c3cnc(N)nc3)c2)C(C2CC2)C1=O. The van der Waals surface area contributed by atoms with Gasteiger partial charge in [0.05, 0.1) is 0 Å². The van der Waals surface area contributed by atoms with Gasteiger partial charge in [-0.15, -0.1) is 0 Å². The quantitative estimate of drug-likeness (QED) is 0.903. The maximum absolute atomic E-state index is 13.1. The molecule has 2 N–H and O–H groups in total. The van der Waals surface area contributed by atoms with Gasteiger partial charge in [-0.25, -0.2) is 9.97 Å². The highest BCUT2D eigenvalue weighted by Crippen LogP contribution is 2.38. The molecule has 2 aromatic rings. The Morgan fingerprint density at radius 3 is 2.58 bits per heavy atom. The Labute approximate surface area is 151 Å². The molecule has 7 heteroatoms. The topological polar surface area (TPSA) is 92.4 Å². The van der Waals surface area contributed by atoms with Crippen LogP contribution in [0.1, 0.15) is 23.2 Å². The number of likely N-dealkylation sites (N-methyl/N-ethyl adjacent to an activating group) is 1. The van der Waals surface area contributed by atoms with Crippen LogP contribution in [0, 0.1) is 5.92 Å². The predicted molar refractivity (Wildman–Crippen MR) is 97.1 cm³/mol. The molecule has 1 saturated heterocycles. The summed E-state index contributed by atoms with van der Waals surface area (Å²) in [4.78, 5) is 37.2. The van der Waals surface area contributed by atoms with E-state index in [0.717, 1.165) is 24.0 Å². The van der Waals surface area contributed by atoms with Crippen LogP contribution in [0.15, 0.2) is 36.7 Å². The Hall–Kier alpha value is -2.96. The van der Waals surface area contributed by atoms with Crippen molar-refractivity contribution >= 4 is 17.8 Å². The number of aromatic nitrogens is 2. The molecule has 1 unspecified atom stereocenters. The minimum atomic E-state index is -0.329. The minimum absolute atomic E-state index is 0.0511. The number of piperazine rings is 1. The van der Waals surface area contributed by atoms with E-state index < -0.39 is 0 Å². The molecule has 1 aromatic heterocycles. The van der Waals surface area contributed by atoms with Gasteiger partial charge < -0.3 is 15.5 Å². The van der Waals surface area contributed by atoms with Crippen LogP contribution in [0.2, 0.25) is 0 Å². The molecule has 26 heavy (non-hydrogen) atoms. The first-order chi connectivity index (χ1) is 12.5. The van der Waals surface area contributed by atoms with E-state index in [9.17, 15) is 9.59 Å². The fourth-order valence-corrected chi connectivity index (χ4v) is 3.45. The smallest absolute Gasteiger partial charge is 0.254 e. The predicted octanol–water partition coefficient (Wildman–Crippen LogP) is 1.42. The Kier molecular flexibility index (Phi) is 4.06. The van der Waals surface area contributed by atoms with E-state index in [1.54, 1.807) is 35.3 Å². The summed E-state index contributed by atoms with van der Waals surface area (Å²) in [6.45, 7) is 1.14. The average Bonchev–Trinajstić information content (AvgIpc) is 3.49. The van der Waals surface area contributed by atoms with Gasteiger partial charge in [0.25, 0.3) is 5.91 Å². The third-order valence-electron chi connectivity index (χ3n) is 5.09. The summed E-state index contributed by atoms with van der Waals surface area (Å²) in [5.74, 6) is 0.462. The van der Waals surface area contributed by atoms with E-state index in [1.165, 1.54) is 0 Å². The zero-order valence-corrected chi connectivity index (χ0v) is 14.6. The molecule has 134 valence electrons. The highest BCUT2D eigenvalue weighted by atomic mass is 16.2. The summed E-state index contributed by atoms with van der Waals surface area (Å²) in [7, 11) is 1.81. The van der Waals surface area contributed by atoms with Gasteiger partial charge in [0, 0.05) is 43.7 Å². The molecule has 2 fully saturated rings. The molecule has 0 radical (unpaired) electrons. The second-order valence-corrected chi connectivity index (χ2v) is 6.95. The van der Waals surface area contributed by atoms with E-state index >= 15 is 0 Å².